The summed E-state index contributed by atoms with van der Waals surface area (Å²) < 4.78 is 0. The number of aliphatic hydroxyl groups is 1. The average Bonchev–Trinajstić information content (AvgIpc) is 3.34. The third-order valence-corrected chi connectivity index (χ3v) is 4.13. The molecule has 0 saturated carbocycles. The van der Waals surface area contributed by atoms with Crippen LogP contribution in [0.2, 0.25) is 0 Å². The molecule has 0 spiro atoms. The predicted molar refractivity (Wildman–Crippen MR) is 125 cm³/mol. The van der Waals surface area contributed by atoms with E-state index in [2.05, 4.69) is 24.0 Å². The van der Waals surface area contributed by atoms with E-state index in [1.165, 1.54) is 0 Å². The van der Waals surface area contributed by atoms with E-state index >= 15 is 0 Å². The molecule has 3 aromatic carbocycles. The second-order valence-corrected chi connectivity index (χ2v) is 6.06. The molecule has 3 aromatic rings. The molecule has 0 bridgehead atoms. The molecule has 0 radical (unpaired) electrons. The van der Waals surface area contributed by atoms with Gasteiger partial charge in [-0.05, 0) is 12.1 Å². The van der Waals surface area contributed by atoms with Crippen molar-refractivity contribution in [2.75, 3.05) is 0 Å². The van der Waals surface area contributed by atoms with Crippen LogP contribution in [0.4, 0.5) is 0 Å². The van der Waals surface area contributed by atoms with Crippen LogP contribution in [0.3, 0.4) is 0 Å². The zero-order valence-corrected chi connectivity index (χ0v) is 19.6. The van der Waals surface area contributed by atoms with Crippen molar-refractivity contribution < 1.29 is 26.8 Å². The summed E-state index contributed by atoms with van der Waals surface area (Å²) in [4.78, 5) is 0. The van der Waals surface area contributed by atoms with E-state index in [-0.39, 0.29) is 46.5 Å². The van der Waals surface area contributed by atoms with Crippen LogP contribution in [0.15, 0.2) is 109 Å². The minimum absolute atomic E-state index is 0. The number of benzene rings is 3. The van der Waals surface area contributed by atoms with Crippen molar-refractivity contribution in [3.8, 4) is 11.8 Å². The molecular formula is C26H23Cl2OTi-. The van der Waals surface area contributed by atoms with Gasteiger partial charge in [-0.2, -0.15) is 6.08 Å². The molecule has 0 atom stereocenters. The summed E-state index contributed by atoms with van der Waals surface area (Å²) in [5.41, 5.74) is 1.10. The third kappa shape index (κ3) is 8.00. The number of halogens is 2. The maximum atomic E-state index is 11.2. The van der Waals surface area contributed by atoms with E-state index in [9.17, 15) is 5.11 Å². The summed E-state index contributed by atoms with van der Waals surface area (Å²) in [6.07, 6.45) is 10.0. The Morgan fingerprint density at radius 1 is 0.733 bits per heavy atom. The van der Waals surface area contributed by atoms with Crippen molar-refractivity contribution in [2.24, 2.45) is 0 Å². The Kier molecular flexibility index (Phi) is 13.8. The van der Waals surface area contributed by atoms with Crippen LogP contribution < -0.4 is 0 Å². The first-order valence-electron chi connectivity index (χ1n) is 8.92. The zero-order chi connectivity index (χ0) is 18.8. The number of hydrogen-bond acceptors (Lipinski definition) is 1. The normalized spacial score (nSPS) is 10.7. The maximum absolute atomic E-state index is 11.2. The van der Waals surface area contributed by atoms with Gasteiger partial charge in [0.2, 0.25) is 0 Å². The van der Waals surface area contributed by atoms with Crippen LogP contribution in [0, 0.1) is 17.9 Å². The van der Waals surface area contributed by atoms with Gasteiger partial charge in [0.25, 0.3) is 0 Å². The fraction of sp³-hybridized carbons (Fsp3) is 0.0769. The first-order chi connectivity index (χ1) is 13.3. The van der Waals surface area contributed by atoms with Crippen molar-refractivity contribution in [1.29, 1.82) is 0 Å². The molecule has 0 heterocycles. The molecule has 1 aliphatic carbocycles. The summed E-state index contributed by atoms with van der Waals surface area (Å²) in [5.74, 6) is 6.13. The summed E-state index contributed by atoms with van der Waals surface area (Å²) in [6, 6.07) is 28.8. The van der Waals surface area contributed by atoms with E-state index < -0.39 is 5.60 Å². The molecule has 0 amide bonds. The fourth-order valence-corrected chi connectivity index (χ4v) is 2.69. The van der Waals surface area contributed by atoms with Crippen LogP contribution in [0.25, 0.3) is 0 Å². The van der Waals surface area contributed by atoms with Gasteiger partial charge in [-0.1, -0.05) is 90.7 Å². The van der Waals surface area contributed by atoms with E-state index in [4.69, 9.17) is 0 Å². The molecule has 1 aliphatic rings. The standard InChI is InChI=1S/C21H16O.C5H5.2ClH.Ti/c22-21(19-12-6-2-7-13-19,20-14-8-3-9-15-20)17-16-18-10-4-1-5-11-18;1-2-4-5-3-1;;;/h1-15,22H;1-3H,4H2;2*1H;/q;-1;;;. The van der Waals surface area contributed by atoms with Crippen LogP contribution in [-0.4, -0.2) is 5.11 Å². The second-order valence-electron chi connectivity index (χ2n) is 6.06. The Balaban J connectivity index is 0.000000928. The smallest absolute Gasteiger partial charge is 0.177 e. The molecule has 1 nitrogen and oxygen atoms in total. The molecule has 0 aliphatic heterocycles. The molecule has 0 saturated heterocycles. The monoisotopic (exact) mass is 469 g/mol. The average molecular weight is 470 g/mol. The number of rotatable bonds is 2. The van der Waals surface area contributed by atoms with Crippen LogP contribution >= 0.6 is 24.8 Å². The summed E-state index contributed by atoms with van der Waals surface area (Å²) in [5, 5.41) is 11.2. The van der Waals surface area contributed by atoms with Crippen LogP contribution in [0.5, 0.6) is 0 Å². The molecular weight excluding hydrogens is 447 g/mol. The summed E-state index contributed by atoms with van der Waals surface area (Å²) in [7, 11) is 0. The predicted octanol–water partition coefficient (Wildman–Crippen LogP) is 6.12. The van der Waals surface area contributed by atoms with Crippen LogP contribution in [-0.2, 0) is 27.3 Å². The molecule has 4 rings (SSSR count). The van der Waals surface area contributed by atoms with Gasteiger partial charge in [0, 0.05) is 38.4 Å². The summed E-state index contributed by atoms with van der Waals surface area (Å²) >= 11 is 0. The molecule has 152 valence electrons. The largest absolute Gasteiger partial charge is 0.369 e. The Bertz CT molecular complexity index is 910. The van der Waals surface area contributed by atoms with E-state index in [1.807, 2.05) is 103 Å². The van der Waals surface area contributed by atoms with Gasteiger partial charge in [-0.3, -0.25) is 6.08 Å². The summed E-state index contributed by atoms with van der Waals surface area (Å²) in [6.45, 7) is 0. The van der Waals surface area contributed by atoms with Gasteiger partial charge in [0.05, 0.1) is 0 Å². The van der Waals surface area contributed by atoms with Crippen LogP contribution in [0.1, 0.15) is 23.1 Å². The minimum Gasteiger partial charge on any atom is -0.369 e. The van der Waals surface area contributed by atoms with Crippen molar-refractivity contribution in [2.45, 2.75) is 12.0 Å². The fourth-order valence-electron chi connectivity index (χ4n) is 2.69. The number of allylic oxidation sites excluding steroid dienone is 4. The first-order valence-corrected chi connectivity index (χ1v) is 8.92. The molecule has 30 heavy (non-hydrogen) atoms. The Morgan fingerprint density at radius 3 is 1.57 bits per heavy atom. The first kappa shape index (κ1) is 28.0. The van der Waals surface area contributed by atoms with Gasteiger partial charge >= 0.3 is 0 Å². The Morgan fingerprint density at radius 2 is 1.20 bits per heavy atom. The van der Waals surface area contributed by atoms with Gasteiger partial charge in [-0.15, -0.1) is 31.2 Å². The van der Waals surface area contributed by atoms with Crippen molar-refractivity contribution >= 4 is 24.8 Å². The van der Waals surface area contributed by atoms with Gasteiger partial charge < -0.3 is 5.11 Å². The van der Waals surface area contributed by atoms with E-state index in [0.29, 0.717) is 0 Å². The van der Waals surface area contributed by atoms with E-state index in [1.54, 1.807) is 0 Å². The second kappa shape index (κ2) is 14.9. The van der Waals surface area contributed by atoms with Gasteiger partial charge in [0.1, 0.15) is 0 Å². The van der Waals surface area contributed by atoms with Crippen molar-refractivity contribution in [1.82, 2.24) is 0 Å². The molecule has 0 fully saturated rings. The SMILES string of the molecule is Cl.Cl.OC(C#Cc1ccccc1)(c1ccccc1)c1ccccc1.[C-]1=CC=CC1.[Ti]. The third-order valence-electron chi connectivity index (χ3n) is 4.13. The number of hydrogen-bond donors (Lipinski definition) is 1. The maximum Gasteiger partial charge on any atom is 0.177 e. The van der Waals surface area contributed by atoms with Gasteiger partial charge in [-0.25, -0.2) is 12.2 Å². The van der Waals surface area contributed by atoms with Gasteiger partial charge in [0.15, 0.2) is 5.60 Å². The van der Waals surface area contributed by atoms with E-state index in [0.717, 1.165) is 23.1 Å². The zero-order valence-electron chi connectivity index (χ0n) is 16.4. The van der Waals surface area contributed by atoms with Crippen molar-refractivity contribution in [3.05, 3.63) is 132 Å². The molecule has 0 aromatic heterocycles. The molecule has 0 unspecified atom stereocenters. The Hall–Kier alpha value is -2.05. The molecule has 4 heteroatoms. The topological polar surface area (TPSA) is 20.2 Å². The minimum atomic E-state index is -1.32. The Labute approximate surface area is 206 Å². The quantitative estimate of drug-likeness (QED) is 0.272. The molecule has 1 N–H and O–H groups in total. The van der Waals surface area contributed by atoms with Crippen molar-refractivity contribution in [3.63, 3.8) is 0 Å².